The minimum absolute atomic E-state index is 0.0385. The van der Waals surface area contributed by atoms with Crippen molar-refractivity contribution in [2.24, 2.45) is 0 Å². The van der Waals surface area contributed by atoms with Gasteiger partial charge in [0.25, 0.3) is 0 Å². The number of aromatic carboxylic acids is 1. The van der Waals surface area contributed by atoms with E-state index in [1.165, 1.54) is 6.07 Å². The van der Waals surface area contributed by atoms with Gasteiger partial charge in [-0.2, -0.15) is 0 Å². The van der Waals surface area contributed by atoms with Crippen LogP contribution in [-0.2, 0) is 6.42 Å². The molecule has 5 nitrogen and oxygen atoms in total. The zero-order chi connectivity index (χ0) is 15.2. The number of hydrogen-bond donors (Lipinski definition) is 2. The highest BCUT2D eigenvalue weighted by Crippen LogP contribution is 2.19. The topological polar surface area (TPSA) is 71.7 Å². The Morgan fingerprint density at radius 3 is 2.76 bits per heavy atom. The lowest BCUT2D eigenvalue weighted by atomic mass is 10.1. The smallest absolute Gasteiger partial charge is 0.371 e. The second kappa shape index (κ2) is 6.95. The molecule has 5 heteroatoms. The summed E-state index contributed by atoms with van der Waals surface area (Å²) < 4.78 is 10.6. The van der Waals surface area contributed by atoms with Crippen molar-refractivity contribution in [3.63, 3.8) is 0 Å². The molecule has 1 atom stereocenters. The molecule has 0 bridgehead atoms. The van der Waals surface area contributed by atoms with Gasteiger partial charge in [-0.3, -0.25) is 0 Å². The Balaban J connectivity index is 1.89. The largest absolute Gasteiger partial charge is 0.496 e. The van der Waals surface area contributed by atoms with Crippen LogP contribution in [0.5, 0.6) is 5.75 Å². The quantitative estimate of drug-likeness (QED) is 0.820. The van der Waals surface area contributed by atoms with Crippen LogP contribution in [0.25, 0.3) is 0 Å². The van der Waals surface area contributed by atoms with Gasteiger partial charge >= 0.3 is 5.97 Å². The average Bonchev–Trinajstić information content (AvgIpc) is 2.98. The fourth-order valence-electron chi connectivity index (χ4n) is 2.13. The standard InChI is InChI=1S/C16H19NO4/c1-11(13-7-8-15(21-13)16(18)19)17-10-9-12-5-3-4-6-14(12)20-2/h3-8,11,17H,9-10H2,1-2H3,(H,18,19). The molecular weight excluding hydrogens is 270 g/mol. The average molecular weight is 289 g/mol. The second-order valence-corrected chi connectivity index (χ2v) is 4.74. The molecular formula is C16H19NO4. The van der Waals surface area contributed by atoms with E-state index in [4.69, 9.17) is 14.3 Å². The summed E-state index contributed by atoms with van der Waals surface area (Å²) in [5, 5.41) is 12.1. The molecule has 0 aliphatic carbocycles. The SMILES string of the molecule is COc1ccccc1CCNC(C)c1ccc(C(=O)O)o1. The highest BCUT2D eigenvalue weighted by Gasteiger charge is 2.13. The number of carboxylic acids is 1. The Morgan fingerprint density at radius 2 is 2.10 bits per heavy atom. The van der Waals surface area contributed by atoms with Crippen molar-refractivity contribution >= 4 is 5.97 Å². The van der Waals surface area contributed by atoms with Crippen LogP contribution in [0.3, 0.4) is 0 Å². The van der Waals surface area contributed by atoms with Crippen molar-refractivity contribution < 1.29 is 19.1 Å². The molecule has 0 aliphatic rings. The molecule has 21 heavy (non-hydrogen) atoms. The molecule has 0 amide bonds. The van der Waals surface area contributed by atoms with Crippen LogP contribution in [0.1, 0.15) is 34.8 Å². The van der Waals surface area contributed by atoms with Gasteiger partial charge in [-0.1, -0.05) is 18.2 Å². The van der Waals surface area contributed by atoms with E-state index in [0.29, 0.717) is 5.76 Å². The van der Waals surface area contributed by atoms with E-state index >= 15 is 0 Å². The molecule has 2 N–H and O–H groups in total. The lowest BCUT2D eigenvalue weighted by Gasteiger charge is -2.12. The summed E-state index contributed by atoms with van der Waals surface area (Å²) in [6, 6.07) is 11.0. The maximum atomic E-state index is 10.8. The Bertz CT molecular complexity index is 606. The van der Waals surface area contributed by atoms with Crippen LogP contribution in [0.4, 0.5) is 0 Å². The van der Waals surface area contributed by atoms with E-state index in [1.54, 1.807) is 13.2 Å². The van der Waals surface area contributed by atoms with E-state index < -0.39 is 5.97 Å². The summed E-state index contributed by atoms with van der Waals surface area (Å²) in [5.41, 5.74) is 1.13. The fourth-order valence-corrected chi connectivity index (χ4v) is 2.13. The van der Waals surface area contributed by atoms with Crippen molar-refractivity contribution in [3.8, 4) is 5.75 Å². The number of benzene rings is 1. The van der Waals surface area contributed by atoms with E-state index in [1.807, 2.05) is 31.2 Å². The first-order chi connectivity index (χ1) is 10.1. The van der Waals surface area contributed by atoms with Gasteiger partial charge in [-0.05, 0) is 43.7 Å². The lowest BCUT2D eigenvalue weighted by Crippen LogP contribution is -2.21. The molecule has 0 saturated carbocycles. The van der Waals surface area contributed by atoms with Crippen LogP contribution < -0.4 is 10.1 Å². The molecule has 1 aromatic carbocycles. The number of furan rings is 1. The highest BCUT2D eigenvalue weighted by molar-refractivity contribution is 5.84. The number of para-hydroxylation sites is 1. The maximum Gasteiger partial charge on any atom is 0.371 e. The number of ether oxygens (including phenoxy) is 1. The van der Waals surface area contributed by atoms with Gasteiger partial charge in [-0.25, -0.2) is 4.79 Å². The van der Waals surface area contributed by atoms with Gasteiger partial charge in [0.15, 0.2) is 0 Å². The molecule has 1 aromatic heterocycles. The van der Waals surface area contributed by atoms with Crippen LogP contribution >= 0.6 is 0 Å². The second-order valence-electron chi connectivity index (χ2n) is 4.74. The first kappa shape index (κ1) is 15.1. The van der Waals surface area contributed by atoms with Crippen LogP contribution in [0.15, 0.2) is 40.8 Å². The Morgan fingerprint density at radius 1 is 1.33 bits per heavy atom. The van der Waals surface area contributed by atoms with Gasteiger partial charge in [0.1, 0.15) is 11.5 Å². The zero-order valence-electron chi connectivity index (χ0n) is 12.1. The van der Waals surface area contributed by atoms with Crippen molar-refractivity contribution in [2.75, 3.05) is 13.7 Å². The Kier molecular flexibility index (Phi) is 5.00. The molecule has 0 spiro atoms. The summed E-state index contributed by atoms with van der Waals surface area (Å²) in [7, 11) is 1.66. The monoisotopic (exact) mass is 289 g/mol. The maximum absolute atomic E-state index is 10.8. The van der Waals surface area contributed by atoms with E-state index in [2.05, 4.69) is 5.32 Å². The Hall–Kier alpha value is -2.27. The summed E-state index contributed by atoms with van der Waals surface area (Å²) in [6.45, 7) is 2.68. The van der Waals surface area contributed by atoms with Gasteiger partial charge in [0.2, 0.25) is 5.76 Å². The number of hydrogen-bond acceptors (Lipinski definition) is 4. The number of carboxylic acid groups (broad SMARTS) is 1. The minimum atomic E-state index is -1.05. The molecule has 0 aliphatic heterocycles. The third-order valence-corrected chi connectivity index (χ3v) is 3.30. The first-order valence-electron chi connectivity index (χ1n) is 6.80. The predicted molar refractivity (Wildman–Crippen MR) is 78.8 cm³/mol. The van der Waals surface area contributed by atoms with Crippen molar-refractivity contribution in [3.05, 3.63) is 53.5 Å². The number of nitrogens with one attached hydrogen (secondary N) is 1. The number of methoxy groups -OCH3 is 1. The molecule has 2 aromatic rings. The number of rotatable bonds is 7. The van der Waals surface area contributed by atoms with Gasteiger partial charge in [0, 0.05) is 0 Å². The van der Waals surface area contributed by atoms with Crippen molar-refractivity contribution in [1.29, 1.82) is 0 Å². The van der Waals surface area contributed by atoms with Crippen LogP contribution in [0, 0.1) is 0 Å². The summed E-state index contributed by atoms with van der Waals surface area (Å²) in [5.74, 6) is 0.399. The normalized spacial score (nSPS) is 12.1. The molecule has 1 unspecified atom stereocenters. The summed E-state index contributed by atoms with van der Waals surface area (Å²) in [4.78, 5) is 10.8. The van der Waals surface area contributed by atoms with Crippen LogP contribution in [0.2, 0.25) is 0 Å². The first-order valence-corrected chi connectivity index (χ1v) is 6.80. The molecule has 0 fully saturated rings. The third kappa shape index (κ3) is 3.86. The fraction of sp³-hybridized carbons (Fsp3) is 0.312. The van der Waals surface area contributed by atoms with Gasteiger partial charge in [0.05, 0.1) is 13.2 Å². The number of carbonyl (C=O) groups is 1. The predicted octanol–water partition coefficient (Wildman–Crippen LogP) is 2.88. The van der Waals surface area contributed by atoms with E-state index in [0.717, 1.165) is 24.3 Å². The van der Waals surface area contributed by atoms with Gasteiger partial charge < -0.3 is 19.6 Å². The minimum Gasteiger partial charge on any atom is -0.496 e. The molecule has 112 valence electrons. The third-order valence-electron chi connectivity index (χ3n) is 3.30. The Labute approximate surface area is 123 Å². The lowest BCUT2D eigenvalue weighted by molar-refractivity contribution is 0.0659. The summed E-state index contributed by atoms with van der Waals surface area (Å²) >= 11 is 0. The van der Waals surface area contributed by atoms with Crippen molar-refractivity contribution in [2.45, 2.75) is 19.4 Å². The van der Waals surface area contributed by atoms with Crippen LogP contribution in [-0.4, -0.2) is 24.7 Å². The van der Waals surface area contributed by atoms with E-state index in [-0.39, 0.29) is 11.8 Å². The van der Waals surface area contributed by atoms with Crippen molar-refractivity contribution in [1.82, 2.24) is 5.32 Å². The molecule has 0 saturated heterocycles. The molecule has 0 radical (unpaired) electrons. The van der Waals surface area contributed by atoms with E-state index in [9.17, 15) is 4.79 Å². The van der Waals surface area contributed by atoms with Gasteiger partial charge in [-0.15, -0.1) is 0 Å². The highest BCUT2D eigenvalue weighted by atomic mass is 16.5. The summed E-state index contributed by atoms with van der Waals surface area (Å²) in [6.07, 6.45) is 0.820. The molecule has 2 rings (SSSR count). The molecule has 1 heterocycles. The zero-order valence-corrected chi connectivity index (χ0v) is 12.1.